The van der Waals surface area contributed by atoms with Crippen molar-refractivity contribution in [3.8, 4) is 0 Å². The summed E-state index contributed by atoms with van der Waals surface area (Å²) in [4.78, 5) is 18.5. The number of nitrogens with zero attached hydrogens (tertiary/aromatic N) is 3. The molecule has 1 N–H and O–H groups in total. The molecule has 3 rings (SSSR count). The van der Waals surface area contributed by atoms with Gasteiger partial charge in [0.1, 0.15) is 5.82 Å². The number of rotatable bonds is 2. The Kier molecular flexibility index (Phi) is 3.03. The quantitative estimate of drug-likeness (QED) is 0.893. The minimum atomic E-state index is -0.122. The number of nitrogens with one attached hydrogen (secondary N) is 1. The third kappa shape index (κ3) is 2.12. The zero-order valence-corrected chi connectivity index (χ0v) is 10.9. The largest absolute Gasteiger partial charge is 0.305 e. The summed E-state index contributed by atoms with van der Waals surface area (Å²) in [5.41, 5.74) is 2.20. The standard InChI is InChI=1S/C14H16N4O/c1-2-12-15-13(17-16-12)14(19)18-9-5-7-10-6-3-4-8-11(10)18/h3-4,6,8H,2,5,7,9H2,1H3,(H,15,16,17). The van der Waals surface area contributed by atoms with Crippen molar-refractivity contribution in [3.05, 3.63) is 41.5 Å². The molecule has 19 heavy (non-hydrogen) atoms. The van der Waals surface area contributed by atoms with E-state index in [0.717, 1.165) is 37.3 Å². The van der Waals surface area contributed by atoms with Crippen LogP contribution in [0.4, 0.5) is 5.69 Å². The number of benzene rings is 1. The minimum Gasteiger partial charge on any atom is -0.305 e. The second-order valence-electron chi connectivity index (χ2n) is 4.65. The Labute approximate surface area is 111 Å². The van der Waals surface area contributed by atoms with E-state index in [0.29, 0.717) is 0 Å². The molecule has 1 amide bonds. The number of amides is 1. The molecule has 1 aromatic carbocycles. The fourth-order valence-electron chi connectivity index (χ4n) is 2.41. The molecule has 98 valence electrons. The van der Waals surface area contributed by atoms with Gasteiger partial charge in [-0.2, -0.15) is 0 Å². The molecule has 5 heteroatoms. The van der Waals surface area contributed by atoms with Crippen LogP contribution in [0.1, 0.15) is 35.4 Å². The lowest BCUT2D eigenvalue weighted by Gasteiger charge is -2.28. The van der Waals surface area contributed by atoms with Crippen molar-refractivity contribution in [2.45, 2.75) is 26.2 Å². The SMILES string of the molecule is CCc1nc(C(=O)N2CCCc3ccccc32)n[nH]1. The smallest absolute Gasteiger partial charge is 0.297 e. The highest BCUT2D eigenvalue weighted by atomic mass is 16.2. The van der Waals surface area contributed by atoms with Crippen LogP contribution < -0.4 is 4.90 Å². The van der Waals surface area contributed by atoms with E-state index in [-0.39, 0.29) is 11.7 Å². The molecule has 1 aromatic heterocycles. The van der Waals surface area contributed by atoms with Gasteiger partial charge in [-0.15, -0.1) is 5.10 Å². The summed E-state index contributed by atoms with van der Waals surface area (Å²) in [7, 11) is 0. The number of hydrogen-bond donors (Lipinski definition) is 1. The molecular weight excluding hydrogens is 240 g/mol. The maximum absolute atomic E-state index is 12.5. The van der Waals surface area contributed by atoms with Gasteiger partial charge in [-0.3, -0.25) is 9.89 Å². The van der Waals surface area contributed by atoms with Gasteiger partial charge in [0.05, 0.1) is 0 Å². The van der Waals surface area contributed by atoms with E-state index in [4.69, 9.17) is 0 Å². The van der Waals surface area contributed by atoms with Crippen molar-refractivity contribution < 1.29 is 4.79 Å². The van der Waals surface area contributed by atoms with Gasteiger partial charge in [0.2, 0.25) is 5.82 Å². The van der Waals surface area contributed by atoms with Crippen molar-refractivity contribution in [3.63, 3.8) is 0 Å². The molecule has 0 fully saturated rings. The average molecular weight is 256 g/mol. The van der Waals surface area contributed by atoms with Gasteiger partial charge in [-0.05, 0) is 24.5 Å². The van der Waals surface area contributed by atoms with E-state index in [1.807, 2.05) is 25.1 Å². The highest BCUT2D eigenvalue weighted by Crippen LogP contribution is 2.27. The van der Waals surface area contributed by atoms with Crippen LogP contribution in [0.5, 0.6) is 0 Å². The summed E-state index contributed by atoms with van der Waals surface area (Å²) in [5, 5.41) is 6.80. The normalized spacial score (nSPS) is 14.3. The molecule has 0 spiro atoms. The summed E-state index contributed by atoms with van der Waals surface area (Å²) in [6.07, 6.45) is 2.75. The molecule has 0 aliphatic carbocycles. The van der Waals surface area contributed by atoms with Crippen molar-refractivity contribution in [1.29, 1.82) is 0 Å². The Hall–Kier alpha value is -2.17. The zero-order valence-electron chi connectivity index (χ0n) is 10.9. The van der Waals surface area contributed by atoms with Gasteiger partial charge in [0, 0.05) is 18.7 Å². The van der Waals surface area contributed by atoms with Crippen LogP contribution in [-0.2, 0) is 12.8 Å². The molecule has 1 aliphatic rings. The average Bonchev–Trinajstić information content (AvgIpc) is 2.95. The number of anilines is 1. The Bertz CT molecular complexity index is 605. The van der Waals surface area contributed by atoms with Crippen LogP contribution >= 0.6 is 0 Å². The number of H-pyrrole nitrogens is 1. The number of para-hydroxylation sites is 1. The summed E-state index contributed by atoms with van der Waals surface area (Å²) in [6.45, 7) is 2.71. The number of aromatic nitrogens is 3. The van der Waals surface area contributed by atoms with Crippen molar-refractivity contribution in [2.24, 2.45) is 0 Å². The van der Waals surface area contributed by atoms with E-state index >= 15 is 0 Å². The third-order valence-electron chi connectivity index (χ3n) is 3.41. The fourth-order valence-corrected chi connectivity index (χ4v) is 2.41. The third-order valence-corrected chi connectivity index (χ3v) is 3.41. The molecular formula is C14H16N4O. The lowest BCUT2D eigenvalue weighted by Crippen LogP contribution is -2.36. The predicted octanol–water partition coefficient (Wildman–Crippen LogP) is 1.96. The van der Waals surface area contributed by atoms with Crippen molar-refractivity contribution in [1.82, 2.24) is 15.2 Å². The van der Waals surface area contributed by atoms with Gasteiger partial charge in [0.15, 0.2) is 0 Å². The summed E-state index contributed by atoms with van der Waals surface area (Å²) >= 11 is 0. The highest BCUT2D eigenvalue weighted by Gasteiger charge is 2.25. The Balaban J connectivity index is 1.93. The number of carbonyl (C=O) groups excluding carboxylic acids is 1. The van der Waals surface area contributed by atoms with Crippen molar-refractivity contribution >= 4 is 11.6 Å². The van der Waals surface area contributed by atoms with Crippen LogP contribution in [0.3, 0.4) is 0 Å². The molecule has 0 saturated heterocycles. The molecule has 5 nitrogen and oxygen atoms in total. The zero-order chi connectivity index (χ0) is 13.2. The minimum absolute atomic E-state index is 0.122. The first-order valence-corrected chi connectivity index (χ1v) is 6.60. The molecule has 0 bridgehead atoms. The van der Waals surface area contributed by atoms with E-state index in [9.17, 15) is 4.79 Å². The lowest BCUT2D eigenvalue weighted by molar-refractivity contribution is 0.0975. The van der Waals surface area contributed by atoms with E-state index in [1.54, 1.807) is 4.90 Å². The molecule has 2 heterocycles. The molecule has 1 aliphatic heterocycles. The molecule has 0 atom stereocenters. The number of carbonyl (C=O) groups is 1. The van der Waals surface area contributed by atoms with Crippen LogP contribution in [0.15, 0.2) is 24.3 Å². The maximum Gasteiger partial charge on any atom is 0.297 e. The second kappa shape index (κ2) is 4.84. The second-order valence-corrected chi connectivity index (χ2v) is 4.65. The highest BCUT2D eigenvalue weighted by molar-refractivity contribution is 6.04. The molecule has 2 aromatic rings. The van der Waals surface area contributed by atoms with Crippen LogP contribution in [0, 0.1) is 0 Å². The van der Waals surface area contributed by atoms with Gasteiger partial charge in [0.25, 0.3) is 5.91 Å². The first kappa shape index (κ1) is 11.9. The van der Waals surface area contributed by atoms with Crippen LogP contribution in [0.25, 0.3) is 0 Å². The van der Waals surface area contributed by atoms with Gasteiger partial charge >= 0.3 is 0 Å². The van der Waals surface area contributed by atoms with Gasteiger partial charge in [-0.25, -0.2) is 4.98 Å². The monoisotopic (exact) mass is 256 g/mol. The Morgan fingerprint density at radius 3 is 3.05 bits per heavy atom. The first-order chi connectivity index (χ1) is 9.29. The molecule has 0 unspecified atom stereocenters. The molecule has 0 radical (unpaired) electrons. The number of hydrogen-bond acceptors (Lipinski definition) is 3. The Morgan fingerprint density at radius 1 is 1.42 bits per heavy atom. The Morgan fingerprint density at radius 2 is 2.26 bits per heavy atom. The van der Waals surface area contributed by atoms with Crippen LogP contribution in [0.2, 0.25) is 0 Å². The number of fused-ring (bicyclic) bond motifs is 1. The predicted molar refractivity (Wildman–Crippen MR) is 72.2 cm³/mol. The first-order valence-electron chi connectivity index (χ1n) is 6.60. The number of aryl methyl sites for hydroxylation is 2. The summed E-state index contributed by atoms with van der Waals surface area (Å²) < 4.78 is 0. The number of aromatic amines is 1. The van der Waals surface area contributed by atoms with E-state index in [2.05, 4.69) is 21.2 Å². The topological polar surface area (TPSA) is 61.9 Å². The van der Waals surface area contributed by atoms with E-state index in [1.165, 1.54) is 5.56 Å². The van der Waals surface area contributed by atoms with Gasteiger partial charge in [-0.1, -0.05) is 25.1 Å². The molecule has 0 saturated carbocycles. The lowest BCUT2D eigenvalue weighted by atomic mass is 10.0. The maximum atomic E-state index is 12.5. The van der Waals surface area contributed by atoms with Gasteiger partial charge < -0.3 is 4.90 Å². The van der Waals surface area contributed by atoms with Crippen molar-refractivity contribution in [2.75, 3.05) is 11.4 Å². The fraction of sp³-hybridized carbons (Fsp3) is 0.357. The van der Waals surface area contributed by atoms with E-state index < -0.39 is 0 Å². The summed E-state index contributed by atoms with van der Waals surface area (Å²) in [5.74, 6) is 0.880. The summed E-state index contributed by atoms with van der Waals surface area (Å²) in [6, 6.07) is 8.03. The van der Waals surface area contributed by atoms with Crippen LogP contribution in [-0.4, -0.2) is 27.6 Å².